The van der Waals surface area contributed by atoms with Crippen molar-refractivity contribution in [3.8, 4) is 0 Å². The van der Waals surface area contributed by atoms with Crippen LogP contribution in [0.2, 0.25) is 0 Å². The molecule has 2 atom stereocenters. The number of ether oxygens (including phenoxy) is 1. The van der Waals surface area contributed by atoms with E-state index in [1.165, 1.54) is 51.6 Å². The molecule has 0 amide bonds. The maximum atomic E-state index is 5.67. The minimum atomic E-state index is 0.588. The monoisotopic (exact) mass is 183 g/mol. The van der Waals surface area contributed by atoms with E-state index >= 15 is 0 Å². The fourth-order valence-corrected chi connectivity index (χ4v) is 2.49. The third-order valence-electron chi connectivity index (χ3n) is 3.27. The highest BCUT2D eigenvalue weighted by atomic mass is 16.5. The third-order valence-corrected chi connectivity index (χ3v) is 3.27. The lowest BCUT2D eigenvalue weighted by Gasteiger charge is -2.18. The standard InChI is InChI=1S/C11H21NO/c1-2-6-12-9-10(4-1)8-11-5-3-7-13-11/h10-12H,1-9H2. The van der Waals surface area contributed by atoms with Crippen molar-refractivity contribution in [2.24, 2.45) is 5.92 Å². The SMILES string of the molecule is C1CCC(CC2CCCO2)CNC1. The molecule has 2 saturated heterocycles. The van der Waals surface area contributed by atoms with Gasteiger partial charge in [0.25, 0.3) is 0 Å². The van der Waals surface area contributed by atoms with Crippen LogP contribution in [0.25, 0.3) is 0 Å². The summed E-state index contributed by atoms with van der Waals surface area (Å²) >= 11 is 0. The molecule has 2 fully saturated rings. The third kappa shape index (κ3) is 2.96. The molecule has 0 aromatic carbocycles. The number of hydrogen-bond acceptors (Lipinski definition) is 2. The summed E-state index contributed by atoms with van der Waals surface area (Å²) in [5.74, 6) is 0.880. The summed E-state index contributed by atoms with van der Waals surface area (Å²) in [6.45, 7) is 3.45. The molecule has 0 aliphatic carbocycles. The van der Waals surface area contributed by atoms with Crippen LogP contribution in [0.3, 0.4) is 0 Å². The van der Waals surface area contributed by atoms with Gasteiger partial charge in [-0.2, -0.15) is 0 Å². The lowest BCUT2D eigenvalue weighted by Crippen LogP contribution is -2.23. The molecule has 0 saturated carbocycles. The first-order chi connectivity index (χ1) is 6.45. The Morgan fingerprint density at radius 1 is 1.15 bits per heavy atom. The molecule has 2 heteroatoms. The van der Waals surface area contributed by atoms with Crippen LogP contribution in [0, 0.1) is 5.92 Å². The van der Waals surface area contributed by atoms with Crippen molar-refractivity contribution in [3.63, 3.8) is 0 Å². The molecular weight excluding hydrogens is 162 g/mol. The minimum Gasteiger partial charge on any atom is -0.378 e. The van der Waals surface area contributed by atoms with Gasteiger partial charge in [-0.3, -0.25) is 0 Å². The Morgan fingerprint density at radius 3 is 3.00 bits per heavy atom. The van der Waals surface area contributed by atoms with Gasteiger partial charge < -0.3 is 10.1 Å². The van der Waals surface area contributed by atoms with Crippen LogP contribution in [-0.2, 0) is 4.74 Å². The van der Waals surface area contributed by atoms with Crippen molar-refractivity contribution in [1.82, 2.24) is 5.32 Å². The summed E-state index contributed by atoms with van der Waals surface area (Å²) < 4.78 is 5.67. The van der Waals surface area contributed by atoms with Gasteiger partial charge in [0.2, 0.25) is 0 Å². The fraction of sp³-hybridized carbons (Fsp3) is 1.00. The van der Waals surface area contributed by atoms with E-state index in [2.05, 4.69) is 5.32 Å². The molecule has 2 heterocycles. The Balaban J connectivity index is 1.71. The Hall–Kier alpha value is -0.0800. The fourth-order valence-electron chi connectivity index (χ4n) is 2.49. The largest absolute Gasteiger partial charge is 0.378 e. The van der Waals surface area contributed by atoms with Crippen molar-refractivity contribution in [3.05, 3.63) is 0 Å². The van der Waals surface area contributed by atoms with Crippen molar-refractivity contribution >= 4 is 0 Å². The summed E-state index contributed by atoms with van der Waals surface area (Å²) in [7, 11) is 0. The van der Waals surface area contributed by atoms with Gasteiger partial charge in [0.1, 0.15) is 0 Å². The smallest absolute Gasteiger partial charge is 0.0579 e. The van der Waals surface area contributed by atoms with Crippen molar-refractivity contribution in [1.29, 1.82) is 0 Å². The van der Waals surface area contributed by atoms with Gasteiger partial charge in [-0.25, -0.2) is 0 Å². The van der Waals surface area contributed by atoms with Gasteiger partial charge in [-0.05, 0) is 51.1 Å². The summed E-state index contributed by atoms with van der Waals surface area (Å²) in [5.41, 5.74) is 0. The van der Waals surface area contributed by atoms with Crippen LogP contribution in [0.15, 0.2) is 0 Å². The highest BCUT2D eigenvalue weighted by molar-refractivity contribution is 4.74. The topological polar surface area (TPSA) is 21.3 Å². The highest BCUT2D eigenvalue weighted by Crippen LogP contribution is 2.23. The molecule has 1 N–H and O–H groups in total. The van der Waals surface area contributed by atoms with Gasteiger partial charge >= 0.3 is 0 Å². The molecule has 2 unspecified atom stereocenters. The Morgan fingerprint density at radius 2 is 2.15 bits per heavy atom. The Labute approximate surface area is 81.0 Å². The second kappa shape index (κ2) is 4.97. The van der Waals surface area contributed by atoms with E-state index < -0.39 is 0 Å². The first-order valence-electron chi connectivity index (χ1n) is 5.77. The van der Waals surface area contributed by atoms with E-state index in [1.54, 1.807) is 0 Å². The number of nitrogens with one attached hydrogen (secondary N) is 1. The van der Waals surface area contributed by atoms with Crippen molar-refractivity contribution in [2.45, 2.75) is 44.6 Å². The lowest BCUT2D eigenvalue weighted by atomic mass is 9.95. The first kappa shape index (κ1) is 9.47. The van der Waals surface area contributed by atoms with Crippen LogP contribution >= 0.6 is 0 Å². The van der Waals surface area contributed by atoms with E-state index in [1.807, 2.05) is 0 Å². The van der Waals surface area contributed by atoms with Crippen LogP contribution in [0.1, 0.15) is 38.5 Å². The molecule has 2 rings (SSSR count). The van der Waals surface area contributed by atoms with E-state index in [4.69, 9.17) is 4.74 Å². The molecule has 2 aliphatic rings. The predicted octanol–water partition coefficient (Wildman–Crippen LogP) is 1.95. The summed E-state index contributed by atoms with van der Waals surface area (Å²) in [4.78, 5) is 0. The molecular formula is C11H21NO. The van der Waals surface area contributed by atoms with Crippen LogP contribution in [0.4, 0.5) is 0 Å². The zero-order valence-corrected chi connectivity index (χ0v) is 8.43. The van der Waals surface area contributed by atoms with E-state index in [9.17, 15) is 0 Å². The van der Waals surface area contributed by atoms with E-state index in [0.717, 1.165) is 12.5 Å². The zero-order valence-electron chi connectivity index (χ0n) is 8.43. The Bertz CT molecular complexity index is 135. The van der Waals surface area contributed by atoms with Crippen LogP contribution in [-0.4, -0.2) is 25.8 Å². The second-order valence-corrected chi connectivity index (χ2v) is 4.44. The summed E-state index contributed by atoms with van der Waals surface area (Å²) in [6.07, 6.45) is 8.65. The van der Waals surface area contributed by atoms with Crippen LogP contribution < -0.4 is 5.32 Å². The van der Waals surface area contributed by atoms with Crippen LogP contribution in [0.5, 0.6) is 0 Å². The molecule has 0 radical (unpaired) electrons. The first-order valence-corrected chi connectivity index (χ1v) is 5.77. The molecule has 2 nitrogen and oxygen atoms in total. The number of hydrogen-bond donors (Lipinski definition) is 1. The quantitative estimate of drug-likeness (QED) is 0.706. The summed E-state index contributed by atoms with van der Waals surface area (Å²) in [6, 6.07) is 0. The average molecular weight is 183 g/mol. The van der Waals surface area contributed by atoms with Crippen molar-refractivity contribution < 1.29 is 4.74 Å². The predicted molar refractivity (Wildman–Crippen MR) is 53.8 cm³/mol. The zero-order chi connectivity index (χ0) is 8.93. The molecule has 0 spiro atoms. The van der Waals surface area contributed by atoms with E-state index in [0.29, 0.717) is 6.10 Å². The summed E-state index contributed by atoms with van der Waals surface area (Å²) in [5, 5.41) is 3.52. The second-order valence-electron chi connectivity index (χ2n) is 4.44. The lowest BCUT2D eigenvalue weighted by molar-refractivity contribution is 0.0887. The average Bonchev–Trinajstić information content (AvgIpc) is 2.49. The maximum absolute atomic E-state index is 5.67. The van der Waals surface area contributed by atoms with Gasteiger partial charge in [0.05, 0.1) is 6.10 Å². The molecule has 76 valence electrons. The maximum Gasteiger partial charge on any atom is 0.0579 e. The highest BCUT2D eigenvalue weighted by Gasteiger charge is 2.21. The van der Waals surface area contributed by atoms with E-state index in [-0.39, 0.29) is 0 Å². The van der Waals surface area contributed by atoms with Gasteiger partial charge in [-0.15, -0.1) is 0 Å². The van der Waals surface area contributed by atoms with Gasteiger partial charge in [-0.1, -0.05) is 6.42 Å². The van der Waals surface area contributed by atoms with Crippen molar-refractivity contribution in [2.75, 3.05) is 19.7 Å². The molecule has 0 aromatic rings. The molecule has 0 bridgehead atoms. The van der Waals surface area contributed by atoms with Gasteiger partial charge in [0.15, 0.2) is 0 Å². The molecule has 2 aliphatic heterocycles. The van der Waals surface area contributed by atoms with Gasteiger partial charge in [0, 0.05) is 6.61 Å². The molecule has 13 heavy (non-hydrogen) atoms. The number of rotatable bonds is 2. The normalized spacial score (nSPS) is 36.0. The molecule has 0 aromatic heterocycles. The Kier molecular flexibility index (Phi) is 3.62. The minimum absolute atomic E-state index is 0.588.